The molecule has 0 atom stereocenters. The average molecular weight is 445 g/mol. The van der Waals surface area contributed by atoms with Crippen LogP contribution in [0.2, 0.25) is 0 Å². The SMILES string of the molecule is COCCCNS(=O)(=O)c1ccc(Nc2ncc3cnn(C4CCCCC4)c3n2)cc1. The lowest BCUT2D eigenvalue weighted by Gasteiger charge is -2.22. The maximum Gasteiger partial charge on any atom is 0.240 e. The summed E-state index contributed by atoms with van der Waals surface area (Å²) in [6, 6.07) is 6.91. The number of sulfonamides is 1. The number of anilines is 2. The number of benzene rings is 1. The van der Waals surface area contributed by atoms with Crippen LogP contribution in [0.15, 0.2) is 41.6 Å². The van der Waals surface area contributed by atoms with Gasteiger partial charge in [0, 0.05) is 32.1 Å². The highest BCUT2D eigenvalue weighted by Crippen LogP contribution is 2.30. The maximum absolute atomic E-state index is 12.4. The van der Waals surface area contributed by atoms with Crippen molar-refractivity contribution in [1.82, 2.24) is 24.5 Å². The zero-order chi connectivity index (χ0) is 21.7. The number of methoxy groups -OCH3 is 1. The van der Waals surface area contributed by atoms with Crippen LogP contribution in [0.25, 0.3) is 11.0 Å². The van der Waals surface area contributed by atoms with Crippen molar-refractivity contribution < 1.29 is 13.2 Å². The molecule has 31 heavy (non-hydrogen) atoms. The lowest BCUT2D eigenvalue weighted by Crippen LogP contribution is -2.25. The van der Waals surface area contributed by atoms with Crippen LogP contribution in [0, 0.1) is 0 Å². The second kappa shape index (κ2) is 9.71. The number of nitrogens with zero attached hydrogens (tertiary/aromatic N) is 4. The van der Waals surface area contributed by atoms with Crippen LogP contribution in [-0.4, -0.2) is 48.4 Å². The average Bonchev–Trinajstić information content (AvgIpc) is 3.21. The smallest absolute Gasteiger partial charge is 0.240 e. The van der Waals surface area contributed by atoms with E-state index < -0.39 is 10.0 Å². The Morgan fingerprint density at radius 3 is 2.65 bits per heavy atom. The van der Waals surface area contributed by atoms with Crippen LogP contribution in [-0.2, 0) is 14.8 Å². The van der Waals surface area contributed by atoms with Gasteiger partial charge in [0.25, 0.3) is 0 Å². The molecule has 0 unspecified atom stereocenters. The zero-order valence-electron chi connectivity index (χ0n) is 17.6. The molecule has 1 aliphatic rings. The molecule has 10 heteroatoms. The first-order valence-corrected chi connectivity index (χ1v) is 12.1. The monoisotopic (exact) mass is 444 g/mol. The number of hydrogen-bond acceptors (Lipinski definition) is 7. The molecule has 1 saturated carbocycles. The Labute approximate surface area is 182 Å². The summed E-state index contributed by atoms with van der Waals surface area (Å²) in [5, 5.41) is 8.62. The standard InChI is InChI=1S/C21H28N6O3S/c1-30-13-5-12-24-31(28,29)19-10-8-17(9-11-19)25-21-22-14-16-15-23-27(20(16)26-21)18-6-3-2-4-7-18/h8-11,14-15,18,24H,2-7,12-13H2,1H3,(H,22,25,26). The third kappa shape index (κ3) is 5.20. The van der Waals surface area contributed by atoms with Crippen molar-refractivity contribution >= 4 is 32.7 Å². The van der Waals surface area contributed by atoms with Gasteiger partial charge in [0.2, 0.25) is 16.0 Å². The predicted molar refractivity (Wildman–Crippen MR) is 119 cm³/mol. The highest BCUT2D eigenvalue weighted by Gasteiger charge is 2.19. The quantitative estimate of drug-likeness (QED) is 0.487. The molecular formula is C21H28N6O3S. The van der Waals surface area contributed by atoms with Crippen LogP contribution in [0.4, 0.5) is 11.6 Å². The van der Waals surface area contributed by atoms with E-state index in [2.05, 4.69) is 25.1 Å². The minimum atomic E-state index is -3.55. The molecule has 0 spiro atoms. The second-order valence-electron chi connectivity index (χ2n) is 7.75. The Hall–Kier alpha value is -2.56. The lowest BCUT2D eigenvalue weighted by molar-refractivity contribution is 0.196. The molecule has 4 rings (SSSR count). The molecule has 0 amide bonds. The van der Waals surface area contributed by atoms with E-state index in [4.69, 9.17) is 4.74 Å². The molecule has 166 valence electrons. The Balaban J connectivity index is 1.46. The molecular weight excluding hydrogens is 416 g/mol. The van der Waals surface area contributed by atoms with Gasteiger partial charge >= 0.3 is 0 Å². The van der Waals surface area contributed by atoms with Crippen molar-refractivity contribution in [3.05, 3.63) is 36.7 Å². The van der Waals surface area contributed by atoms with E-state index in [-0.39, 0.29) is 4.90 Å². The molecule has 2 N–H and O–H groups in total. The summed E-state index contributed by atoms with van der Waals surface area (Å²) in [6.45, 7) is 0.841. The van der Waals surface area contributed by atoms with E-state index in [1.54, 1.807) is 37.6 Å². The van der Waals surface area contributed by atoms with Gasteiger partial charge in [0.15, 0.2) is 5.65 Å². The number of fused-ring (bicyclic) bond motifs is 1. The topological polar surface area (TPSA) is 111 Å². The summed E-state index contributed by atoms with van der Waals surface area (Å²) in [7, 11) is -1.96. The molecule has 0 saturated heterocycles. The molecule has 0 aliphatic heterocycles. The van der Waals surface area contributed by atoms with Crippen LogP contribution >= 0.6 is 0 Å². The van der Waals surface area contributed by atoms with Gasteiger partial charge in [-0.3, -0.25) is 0 Å². The number of rotatable bonds is 9. The molecule has 9 nitrogen and oxygen atoms in total. The van der Waals surface area contributed by atoms with Crippen molar-refractivity contribution in [3.63, 3.8) is 0 Å². The van der Waals surface area contributed by atoms with E-state index in [0.29, 0.717) is 37.3 Å². The third-order valence-electron chi connectivity index (χ3n) is 5.49. The minimum absolute atomic E-state index is 0.210. The Bertz CT molecular complexity index is 1110. The first-order chi connectivity index (χ1) is 15.1. The van der Waals surface area contributed by atoms with Gasteiger partial charge in [0.05, 0.1) is 22.5 Å². The van der Waals surface area contributed by atoms with E-state index >= 15 is 0 Å². The van der Waals surface area contributed by atoms with Crippen molar-refractivity contribution in [2.24, 2.45) is 0 Å². The zero-order valence-corrected chi connectivity index (χ0v) is 18.4. The normalized spacial score (nSPS) is 15.4. The van der Waals surface area contributed by atoms with Gasteiger partial charge in [-0.15, -0.1) is 0 Å². The van der Waals surface area contributed by atoms with Gasteiger partial charge in [-0.05, 0) is 43.5 Å². The van der Waals surface area contributed by atoms with Crippen LogP contribution in [0.1, 0.15) is 44.6 Å². The number of hydrogen-bond donors (Lipinski definition) is 2. The Morgan fingerprint density at radius 2 is 1.90 bits per heavy atom. The van der Waals surface area contributed by atoms with Gasteiger partial charge in [-0.25, -0.2) is 22.8 Å². The van der Waals surface area contributed by atoms with Crippen LogP contribution in [0.5, 0.6) is 0 Å². The van der Waals surface area contributed by atoms with Gasteiger partial charge < -0.3 is 10.1 Å². The molecule has 0 bridgehead atoms. The predicted octanol–water partition coefficient (Wildman–Crippen LogP) is 3.39. The summed E-state index contributed by atoms with van der Waals surface area (Å²) in [5.41, 5.74) is 1.53. The summed E-state index contributed by atoms with van der Waals surface area (Å²) in [6.07, 6.45) is 10.2. The summed E-state index contributed by atoms with van der Waals surface area (Å²) in [4.78, 5) is 9.25. The highest BCUT2D eigenvalue weighted by atomic mass is 32.2. The van der Waals surface area contributed by atoms with Crippen molar-refractivity contribution in [3.8, 4) is 0 Å². The Kier molecular flexibility index (Phi) is 6.79. The number of aromatic nitrogens is 4. The fraction of sp³-hybridized carbons (Fsp3) is 0.476. The Morgan fingerprint density at radius 1 is 1.13 bits per heavy atom. The van der Waals surface area contributed by atoms with Crippen molar-refractivity contribution in [1.29, 1.82) is 0 Å². The first-order valence-electron chi connectivity index (χ1n) is 10.6. The molecule has 0 radical (unpaired) electrons. The molecule has 1 fully saturated rings. The fourth-order valence-electron chi connectivity index (χ4n) is 3.84. The van der Waals surface area contributed by atoms with Crippen LogP contribution < -0.4 is 10.0 Å². The van der Waals surface area contributed by atoms with E-state index in [1.165, 1.54) is 19.3 Å². The molecule has 1 aromatic carbocycles. The summed E-state index contributed by atoms with van der Waals surface area (Å²) in [5.74, 6) is 0.457. The second-order valence-corrected chi connectivity index (χ2v) is 9.51. The van der Waals surface area contributed by atoms with E-state index in [1.807, 2.05) is 10.9 Å². The fourth-order valence-corrected chi connectivity index (χ4v) is 4.92. The maximum atomic E-state index is 12.4. The molecule has 3 aromatic rings. The van der Waals surface area contributed by atoms with Crippen molar-refractivity contribution in [2.45, 2.75) is 49.5 Å². The molecule has 2 heterocycles. The number of ether oxygens (including phenoxy) is 1. The minimum Gasteiger partial charge on any atom is -0.385 e. The van der Waals surface area contributed by atoms with Gasteiger partial charge in [-0.2, -0.15) is 10.1 Å². The van der Waals surface area contributed by atoms with E-state index in [0.717, 1.165) is 23.9 Å². The molecule has 1 aliphatic carbocycles. The van der Waals surface area contributed by atoms with Crippen LogP contribution in [0.3, 0.4) is 0 Å². The van der Waals surface area contributed by atoms with Crippen molar-refractivity contribution in [2.75, 3.05) is 25.6 Å². The van der Waals surface area contributed by atoms with Gasteiger partial charge in [0.1, 0.15) is 0 Å². The third-order valence-corrected chi connectivity index (χ3v) is 6.97. The largest absolute Gasteiger partial charge is 0.385 e. The summed E-state index contributed by atoms with van der Waals surface area (Å²) < 4.78 is 34.3. The van der Waals surface area contributed by atoms with E-state index in [9.17, 15) is 8.42 Å². The number of nitrogens with one attached hydrogen (secondary N) is 2. The first kappa shape index (κ1) is 21.7. The lowest BCUT2D eigenvalue weighted by atomic mass is 9.96. The van der Waals surface area contributed by atoms with Gasteiger partial charge in [-0.1, -0.05) is 19.3 Å². The highest BCUT2D eigenvalue weighted by molar-refractivity contribution is 7.89. The summed E-state index contributed by atoms with van der Waals surface area (Å²) >= 11 is 0. The molecule has 2 aromatic heterocycles.